The average molecular weight is 542 g/mol. The first-order valence-corrected chi connectivity index (χ1v) is 13.5. The molecule has 1 saturated heterocycles. The van der Waals surface area contributed by atoms with Gasteiger partial charge in [-0.3, -0.25) is 9.69 Å². The van der Waals surface area contributed by atoms with Crippen LogP contribution in [0.2, 0.25) is 0 Å². The number of carbonyl (C=O) groups is 2. The average Bonchev–Trinajstić information content (AvgIpc) is 3.50. The monoisotopic (exact) mass is 541 g/mol. The van der Waals surface area contributed by atoms with Gasteiger partial charge < -0.3 is 28.4 Å². The number of hydrogen-bond acceptors (Lipinski definition) is 8. The number of likely N-dealkylation sites (tertiary alicyclic amines) is 1. The topological polar surface area (TPSA) is 92.8 Å². The van der Waals surface area contributed by atoms with E-state index in [2.05, 4.69) is 0 Å². The number of rotatable bonds is 9. The van der Waals surface area contributed by atoms with E-state index in [4.69, 9.17) is 28.4 Å². The normalized spacial score (nSPS) is 20.3. The van der Waals surface area contributed by atoms with Gasteiger partial charge in [-0.05, 0) is 76.9 Å². The Hall–Kier alpha value is -3.46. The molecular weight excluding hydrogens is 502 g/mol. The molecule has 2 aliphatic rings. The van der Waals surface area contributed by atoms with Gasteiger partial charge >= 0.3 is 12.1 Å². The maximum absolute atomic E-state index is 13.5. The first-order chi connectivity index (χ1) is 18.6. The number of nitrogens with zero attached hydrogens (tertiary/aromatic N) is 1. The second-order valence-corrected chi connectivity index (χ2v) is 10.9. The highest BCUT2D eigenvalue weighted by molar-refractivity contribution is 5.79. The predicted octanol–water partition coefficient (Wildman–Crippen LogP) is 5.47. The predicted molar refractivity (Wildman–Crippen MR) is 144 cm³/mol. The fourth-order valence-electron chi connectivity index (χ4n) is 4.94. The number of carbonyl (C=O) groups excluding carboxylic acids is 2. The summed E-state index contributed by atoms with van der Waals surface area (Å²) in [6.07, 6.45) is -0.356. The lowest BCUT2D eigenvalue weighted by Gasteiger charge is -2.30. The number of benzene rings is 2. The van der Waals surface area contributed by atoms with Crippen molar-refractivity contribution in [3.05, 3.63) is 53.6 Å². The molecule has 2 aliphatic heterocycles. The zero-order chi connectivity index (χ0) is 28.2. The first-order valence-electron chi connectivity index (χ1n) is 13.5. The minimum atomic E-state index is -0.701. The third-order valence-electron chi connectivity index (χ3n) is 6.54. The Morgan fingerprint density at radius 1 is 1.00 bits per heavy atom. The minimum absolute atomic E-state index is 0.134. The molecular formula is C30H39NO8. The molecule has 0 saturated carbocycles. The molecule has 0 unspecified atom stereocenters. The van der Waals surface area contributed by atoms with E-state index in [0.717, 1.165) is 11.1 Å². The molecule has 39 heavy (non-hydrogen) atoms. The fraction of sp³-hybridized carbons (Fsp3) is 0.533. The Morgan fingerprint density at radius 3 is 2.36 bits per heavy atom. The van der Waals surface area contributed by atoms with E-state index in [9.17, 15) is 9.59 Å². The van der Waals surface area contributed by atoms with E-state index in [1.54, 1.807) is 11.8 Å². The van der Waals surface area contributed by atoms with E-state index in [0.29, 0.717) is 30.5 Å². The summed E-state index contributed by atoms with van der Waals surface area (Å²) in [6, 6.07) is 12.5. The molecule has 0 radical (unpaired) electrons. The summed E-state index contributed by atoms with van der Waals surface area (Å²) in [5, 5.41) is 0. The molecule has 2 aromatic rings. The van der Waals surface area contributed by atoms with Gasteiger partial charge in [0.05, 0.1) is 31.3 Å². The molecule has 2 heterocycles. The van der Waals surface area contributed by atoms with Crippen LogP contribution < -0.4 is 14.2 Å². The van der Waals surface area contributed by atoms with Gasteiger partial charge in [-0.15, -0.1) is 0 Å². The molecule has 2 aromatic carbocycles. The maximum atomic E-state index is 13.5. The van der Waals surface area contributed by atoms with Gasteiger partial charge in [-0.2, -0.15) is 0 Å². The molecule has 9 heteroatoms. The zero-order valence-corrected chi connectivity index (χ0v) is 23.6. The lowest BCUT2D eigenvalue weighted by molar-refractivity contribution is -0.149. The van der Waals surface area contributed by atoms with Crippen molar-refractivity contribution in [1.29, 1.82) is 0 Å². The third kappa shape index (κ3) is 6.95. The zero-order valence-electron chi connectivity index (χ0n) is 23.6. The maximum Gasteiger partial charge on any atom is 0.410 e. The lowest BCUT2D eigenvalue weighted by atomic mass is 9.82. The number of ether oxygens (including phenoxy) is 6. The van der Waals surface area contributed by atoms with Crippen molar-refractivity contribution in [1.82, 2.24) is 4.90 Å². The van der Waals surface area contributed by atoms with Crippen molar-refractivity contribution in [2.24, 2.45) is 5.92 Å². The van der Waals surface area contributed by atoms with Crippen molar-refractivity contribution in [3.8, 4) is 17.2 Å². The molecule has 4 rings (SSSR count). The molecule has 3 atom stereocenters. The van der Waals surface area contributed by atoms with Crippen molar-refractivity contribution >= 4 is 12.1 Å². The third-order valence-corrected chi connectivity index (χ3v) is 6.54. The van der Waals surface area contributed by atoms with Crippen molar-refractivity contribution < 1.29 is 38.0 Å². The van der Waals surface area contributed by atoms with Crippen LogP contribution in [0, 0.1) is 5.92 Å². The van der Waals surface area contributed by atoms with Gasteiger partial charge in [0.2, 0.25) is 6.79 Å². The number of esters is 1. The van der Waals surface area contributed by atoms with E-state index >= 15 is 0 Å². The van der Waals surface area contributed by atoms with E-state index in [1.165, 1.54) is 0 Å². The number of hydrogen-bond donors (Lipinski definition) is 0. The Balaban J connectivity index is 1.67. The van der Waals surface area contributed by atoms with Gasteiger partial charge in [0.25, 0.3) is 0 Å². The van der Waals surface area contributed by atoms with Gasteiger partial charge in [0, 0.05) is 12.5 Å². The minimum Gasteiger partial charge on any atom is -0.491 e. The van der Waals surface area contributed by atoms with Crippen LogP contribution in [-0.2, 0) is 19.0 Å². The molecule has 0 aliphatic carbocycles. The molecule has 9 nitrogen and oxygen atoms in total. The standard InChI is InChI=1S/C30H39NO8/c1-7-34-28(32)26-23(21-10-13-24-25(16-21)38-18-37-24)17-31(29(33)39-30(4,5)6)27(26)20-8-11-22(12-9-20)36-15-14-35-19(2)3/h8-13,16,19,23,26-27H,7,14-15,17-18H2,1-6H3/t23-,26-,27+/m0/s1. The molecule has 0 aromatic heterocycles. The van der Waals surface area contributed by atoms with Crippen LogP contribution in [0.25, 0.3) is 0 Å². The molecule has 0 bridgehead atoms. The van der Waals surface area contributed by atoms with Gasteiger partial charge in [0.15, 0.2) is 11.5 Å². The molecule has 1 fully saturated rings. The van der Waals surface area contributed by atoms with Crippen molar-refractivity contribution in [2.45, 2.75) is 65.2 Å². The Kier molecular flexibility index (Phi) is 8.90. The molecule has 0 spiro atoms. The lowest BCUT2D eigenvalue weighted by Crippen LogP contribution is -2.38. The Labute approximate surface area is 230 Å². The van der Waals surface area contributed by atoms with Crippen LogP contribution in [0.5, 0.6) is 17.2 Å². The SMILES string of the molecule is CCOC(=O)[C@@H]1[C@@H](c2ccc(OCCOC(C)C)cc2)N(C(=O)OC(C)(C)C)C[C@H]1c1ccc2c(c1)OCO2. The summed E-state index contributed by atoms with van der Waals surface area (Å²) in [5.41, 5.74) is 0.944. The Morgan fingerprint density at radius 2 is 1.69 bits per heavy atom. The highest BCUT2D eigenvalue weighted by Gasteiger charge is 2.51. The van der Waals surface area contributed by atoms with Crippen molar-refractivity contribution in [3.63, 3.8) is 0 Å². The highest BCUT2D eigenvalue weighted by Crippen LogP contribution is 2.48. The summed E-state index contributed by atoms with van der Waals surface area (Å²) in [4.78, 5) is 28.6. The second-order valence-electron chi connectivity index (χ2n) is 10.9. The quantitative estimate of drug-likeness (QED) is 0.305. The summed E-state index contributed by atoms with van der Waals surface area (Å²) in [5.74, 6) is 0.559. The summed E-state index contributed by atoms with van der Waals surface area (Å²) >= 11 is 0. The molecule has 212 valence electrons. The summed E-state index contributed by atoms with van der Waals surface area (Å²) in [6.45, 7) is 12.7. The van der Waals surface area contributed by atoms with Gasteiger partial charge in [-0.25, -0.2) is 4.79 Å². The molecule has 1 amide bonds. The first kappa shape index (κ1) is 28.5. The van der Waals surface area contributed by atoms with Crippen LogP contribution in [0.3, 0.4) is 0 Å². The van der Waals surface area contributed by atoms with E-state index in [-0.39, 0.29) is 37.9 Å². The fourth-order valence-corrected chi connectivity index (χ4v) is 4.94. The van der Waals surface area contributed by atoms with Crippen LogP contribution in [0.4, 0.5) is 4.79 Å². The smallest absolute Gasteiger partial charge is 0.410 e. The number of fused-ring (bicyclic) bond motifs is 1. The summed E-state index contributed by atoms with van der Waals surface area (Å²) < 4.78 is 33.7. The molecule has 0 N–H and O–H groups in total. The van der Waals surface area contributed by atoms with E-state index in [1.807, 2.05) is 77.1 Å². The second kappa shape index (κ2) is 12.2. The van der Waals surface area contributed by atoms with E-state index < -0.39 is 23.7 Å². The van der Waals surface area contributed by atoms with Gasteiger partial charge in [-0.1, -0.05) is 18.2 Å². The van der Waals surface area contributed by atoms with Gasteiger partial charge in [0.1, 0.15) is 18.0 Å². The van der Waals surface area contributed by atoms with Crippen LogP contribution in [-0.4, -0.2) is 61.8 Å². The Bertz CT molecular complexity index is 1140. The van der Waals surface area contributed by atoms with Crippen LogP contribution >= 0.6 is 0 Å². The number of amides is 1. The van der Waals surface area contributed by atoms with Crippen LogP contribution in [0.15, 0.2) is 42.5 Å². The highest BCUT2D eigenvalue weighted by atomic mass is 16.7. The van der Waals surface area contributed by atoms with Crippen molar-refractivity contribution in [2.75, 3.05) is 33.2 Å². The van der Waals surface area contributed by atoms with Crippen LogP contribution in [0.1, 0.15) is 64.6 Å². The largest absolute Gasteiger partial charge is 0.491 e. The summed E-state index contributed by atoms with van der Waals surface area (Å²) in [7, 11) is 0.